The minimum Gasteiger partial charge on any atom is -0.378 e. The van der Waals surface area contributed by atoms with Crippen LogP contribution in [0.15, 0.2) is 34.9 Å². The summed E-state index contributed by atoms with van der Waals surface area (Å²) in [5.74, 6) is 0.884. The van der Waals surface area contributed by atoms with E-state index in [-0.39, 0.29) is 17.7 Å². The molecular formula is C31H39BrN8O3S. The number of anilines is 1. The molecule has 4 aromatic rings. The fourth-order valence-electron chi connectivity index (χ4n) is 6.29. The number of piperazine rings is 1. The van der Waals surface area contributed by atoms with E-state index in [9.17, 15) is 13.2 Å². The fraction of sp³-hybridized carbons (Fsp3) is 0.452. The Bertz CT molecular complexity index is 1840. The second kappa shape index (κ2) is 11.9. The zero-order chi connectivity index (χ0) is 31.3. The van der Waals surface area contributed by atoms with Gasteiger partial charge in [-0.2, -0.15) is 4.31 Å². The number of sulfonamides is 1. The second-order valence-electron chi connectivity index (χ2n) is 11.9. The number of nitrogens with zero attached hydrogens (tertiary/aromatic N) is 6. The standard InChI is InChI=1S/C31H39BrN8O3S/c1-6-44(42,43)39-10-9-23(18-39)34-27-25(32)17-33-30-28(27)35-29(36-30)24-16-20(3)40(21(24)4)26-8-7-22(15-19(26)2)31(41)38-13-11-37(5)12-14-38/h7-8,15-17,23H,6,9-14,18H2,1-5H3,(H2,33,34,35,36). The van der Waals surface area contributed by atoms with E-state index in [0.29, 0.717) is 30.1 Å². The van der Waals surface area contributed by atoms with Gasteiger partial charge in [-0.15, -0.1) is 0 Å². The quantitative estimate of drug-likeness (QED) is 0.298. The Labute approximate surface area is 266 Å². The molecule has 13 heteroatoms. The number of aromatic nitrogens is 4. The Balaban J connectivity index is 1.28. The van der Waals surface area contributed by atoms with Crippen molar-refractivity contribution in [2.75, 3.05) is 57.4 Å². The molecule has 2 aliphatic rings. The molecule has 1 amide bonds. The lowest BCUT2D eigenvalue weighted by atomic mass is 10.1. The van der Waals surface area contributed by atoms with E-state index in [1.807, 2.05) is 30.0 Å². The zero-order valence-electron chi connectivity index (χ0n) is 25.8. The van der Waals surface area contributed by atoms with Crippen LogP contribution >= 0.6 is 15.9 Å². The largest absolute Gasteiger partial charge is 0.378 e. The van der Waals surface area contributed by atoms with Gasteiger partial charge in [0.15, 0.2) is 5.65 Å². The normalized spacial score (nSPS) is 18.4. The highest BCUT2D eigenvalue weighted by Gasteiger charge is 2.31. The average molecular weight is 684 g/mol. The first kappa shape index (κ1) is 30.8. The number of hydrogen-bond donors (Lipinski definition) is 2. The number of rotatable bonds is 7. The monoisotopic (exact) mass is 682 g/mol. The van der Waals surface area contributed by atoms with Gasteiger partial charge in [-0.25, -0.2) is 18.4 Å². The number of aryl methyl sites for hydroxylation is 2. The maximum atomic E-state index is 13.2. The molecule has 1 unspecified atom stereocenters. The van der Waals surface area contributed by atoms with Crippen molar-refractivity contribution in [3.63, 3.8) is 0 Å². The van der Waals surface area contributed by atoms with Crippen molar-refractivity contribution in [2.45, 2.75) is 40.2 Å². The molecule has 2 fully saturated rings. The molecule has 0 saturated carbocycles. The third-order valence-electron chi connectivity index (χ3n) is 8.89. The second-order valence-corrected chi connectivity index (χ2v) is 15.0. The maximum absolute atomic E-state index is 13.2. The lowest BCUT2D eigenvalue weighted by molar-refractivity contribution is 0.0664. The summed E-state index contributed by atoms with van der Waals surface area (Å²) >= 11 is 3.63. The summed E-state index contributed by atoms with van der Waals surface area (Å²) in [7, 11) is -1.14. The number of H-pyrrole nitrogens is 1. The van der Waals surface area contributed by atoms with E-state index in [0.717, 1.165) is 76.5 Å². The summed E-state index contributed by atoms with van der Waals surface area (Å²) in [4.78, 5) is 30.3. The molecule has 0 aliphatic carbocycles. The van der Waals surface area contributed by atoms with E-state index in [1.165, 1.54) is 0 Å². The molecule has 6 rings (SSSR count). The number of amides is 1. The molecule has 2 N–H and O–H groups in total. The number of pyridine rings is 1. The van der Waals surface area contributed by atoms with Crippen molar-refractivity contribution >= 4 is 48.7 Å². The number of carbonyl (C=O) groups excluding carboxylic acids is 1. The van der Waals surface area contributed by atoms with Gasteiger partial charge in [0.25, 0.3) is 5.91 Å². The van der Waals surface area contributed by atoms with Gasteiger partial charge in [0.1, 0.15) is 11.3 Å². The Morgan fingerprint density at radius 3 is 2.57 bits per heavy atom. The number of likely N-dealkylation sites (N-methyl/N-ethyl adjacent to an activating group) is 1. The Hall–Kier alpha value is -3.26. The SMILES string of the molecule is CCS(=O)(=O)N1CCC(Nc2c(Br)cnc3nc(-c4cc(C)n(-c5ccc(C(=O)N6CCN(C)CC6)cc5C)c4C)[nH]c23)C1. The number of fused-ring (bicyclic) bond motifs is 1. The Morgan fingerprint density at radius 1 is 1.11 bits per heavy atom. The highest BCUT2D eigenvalue weighted by atomic mass is 79.9. The van der Waals surface area contributed by atoms with Gasteiger partial charge in [-0.05, 0) is 86.9 Å². The van der Waals surface area contributed by atoms with Crippen LogP contribution in [-0.4, -0.2) is 106 Å². The first-order chi connectivity index (χ1) is 21.0. The first-order valence-corrected chi connectivity index (χ1v) is 17.4. The van der Waals surface area contributed by atoms with Crippen LogP contribution in [0.1, 0.15) is 40.7 Å². The van der Waals surface area contributed by atoms with Crippen LogP contribution in [-0.2, 0) is 10.0 Å². The first-order valence-electron chi connectivity index (χ1n) is 15.0. The predicted octanol–water partition coefficient (Wildman–Crippen LogP) is 4.33. The van der Waals surface area contributed by atoms with Crippen molar-refractivity contribution in [3.05, 3.63) is 57.4 Å². The van der Waals surface area contributed by atoms with Gasteiger partial charge in [0, 0.05) is 79.7 Å². The van der Waals surface area contributed by atoms with Gasteiger partial charge in [0.2, 0.25) is 10.0 Å². The number of aromatic amines is 1. The van der Waals surface area contributed by atoms with Crippen molar-refractivity contribution in [2.24, 2.45) is 0 Å². The minimum absolute atomic E-state index is 0.0240. The Morgan fingerprint density at radius 2 is 1.86 bits per heavy atom. The summed E-state index contributed by atoms with van der Waals surface area (Å²) in [6.07, 6.45) is 2.44. The molecule has 5 heterocycles. The van der Waals surface area contributed by atoms with Crippen LogP contribution in [0.5, 0.6) is 0 Å². The number of imidazole rings is 1. The maximum Gasteiger partial charge on any atom is 0.253 e. The molecule has 0 radical (unpaired) electrons. The van der Waals surface area contributed by atoms with Crippen LogP contribution in [0.25, 0.3) is 28.2 Å². The molecule has 11 nitrogen and oxygen atoms in total. The summed E-state index contributed by atoms with van der Waals surface area (Å²) in [6, 6.07) is 8.04. The van der Waals surface area contributed by atoms with E-state index < -0.39 is 10.0 Å². The highest BCUT2D eigenvalue weighted by Crippen LogP contribution is 2.35. The van der Waals surface area contributed by atoms with Gasteiger partial charge < -0.3 is 24.7 Å². The van der Waals surface area contributed by atoms with Gasteiger partial charge >= 0.3 is 0 Å². The lowest BCUT2D eigenvalue weighted by Crippen LogP contribution is -2.47. The number of hydrogen-bond acceptors (Lipinski definition) is 7. The lowest BCUT2D eigenvalue weighted by Gasteiger charge is -2.32. The van der Waals surface area contributed by atoms with Crippen LogP contribution in [0.3, 0.4) is 0 Å². The molecule has 0 spiro atoms. The van der Waals surface area contributed by atoms with Gasteiger partial charge in [-0.1, -0.05) is 0 Å². The molecule has 0 bridgehead atoms. The molecule has 44 heavy (non-hydrogen) atoms. The number of halogens is 1. The molecule has 1 aromatic carbocycles. The van der Waals surface area contributed by atoms with E-state index in [2.05, 4.69) is 67.6 Å². The molecule has 2 saturated heterocycles. The number of carbonyl (C=O) groups is 1. The Kier molecular flexibility index (Phi) is 8.33. The summed E-state index contributed by atoms with van der Waals surface area (Å²) in [6.45, 7) is 12.1. The molecular weight excluding hydrogens is 644 g/mol. The average Bonchev–Trinajstić information content (AvgIpc) is 3.72. The van der Waals surface area contributed by atoms with E-state index in [4.69, 9.17) is 4.98 Å². The third kappa shape index (κ3) is 5.66. The zero-order valence-corrected chi connectivity index (χ0v) is 28.2. The third-order valence-corrected chi connectivity index (χ3v) is 11.3. The molecule has 2 aliphatic heterocycles. The predicted molar refractivity (Wildman–Crippen MR) is 177 cm³/mol. The smallest absolute Gasteiger partial charge is 0.253 e. The van der Waals surface area contributed by atoms with Crippen molar-refractivity contribution in [3.8, 4) is 17.1 Å². The highest BCUT2D eigenvalue weighted by molar-refractivity contribution is 9.10. The number of benzene rings is 1. The number of nitrogens with one attached hydrogen (secondary N) is 2. The minimum atomic E-state index is -3.23. The molecule has 234 valence electrons. The van der Waals surface area contributed by atoms with Gasteiger partial charge in [-0.3, -0.25) is 4.79 Å². The van der Waals surface area contributed by atoms with Crippen molar-refractivity contribution < 1.29 is 13.2 Å². The summed E-state index contributed by atoms with van der Waals surface area (Å²) < 4.78 is 29.3. The van der Waals surface area contributed by atoms with Crippen LogP contribution in [0.2, 0.25) is 0 Å². The van der Waals surface area contributed by atoms with Crippen molar-refractivity contribution in [1.82, 2.24) is 33.6 Å². The van der Waals surface area contributed by atoms with Crippen LogP contribution < -0.4 is 5.32 Å². The fourth-order valence-corrected chi connectivity index (χ4v) is 7.86. The summed E-state index contributed by atoms with van der Waals surface area (Å²) in [5, 5.41) is 3.54. The van der Waals surface area contributed by atoms with Crippen molar-refractivity contribution in [1.29, 1.82) is 0 Å². The molecule has 3 aromatic heterocycles. The van der Waals surface area contributed by atoms with Crippen LogP contribution in [0.4, 0.5) is 5.69 Å². The summed E-state index contributed by atoms with van der Waals surface area (Å²) in [5.41, 5.74) is 7.95. The van der Waals surface area contributed by atoms with Gasteiger partial charge in [0.05, 0.1) is 15.9 Å². The molecule has 1 atom stereocenters. The van der Waals surface area contributed by atoms with E-state index >= 15 is 0 Å². The van der Waals surface area contributed by atoms with E-state index in [1.54, 1.807) is 17.4 Å². The topological polar surface area (TPSA) is 119 Å². The van der Waals surface area contributed by atoms with Crippen LogP contribution in [0, 0.1) is 20.8 Å².